The van der Waals surface area contributed by atoms with Crippen molar-refractivity contribution in [1.82, 2.24) is 0 Å². The summed E-state index contributed by atoms with van der Waals surface area (Å²) in [4.78, 5) is 0. The number of hydrogen-bond acceptors (Lipinski definition) is 4. The molecule has 0 aliphatic rings. The van der Waals surface area contributed by atoms with Crippen LogP contribution in [0.4, 0.5) is 5.69 Å². The number of rotatable bonds is 5. The van der Waals surface area contributed by atoms with Gasteiger partial charge in [-0.15, -0.1) is 0 Å². The minimum atomic E-state index is 0.0291. The molecule has 21 heavy (non-hydrogen) atoms. The molecule has 2 rings (SSSR count). The molecular formula is C15H12Br2N2O2. The number of anilines is 1. The molecule has 0 amide bonds. The number of phenols is 1. The summed E-state index contributed by atoms with van der Waals surface area (Å²) in [5.74, 6) is 0.834. The molecular weight excluding hydrogens is 400 g/mol. The van der Waals surface area contributed by atoms with E-state index in [0.29, 0.717) is 21.2 Å². The molecule has 6 heteroatoms. The maximum Gasteiger partial charge on any atom is 0.174 e. The molecule has 0 fully saturated rings. The third-order valence-electron chi connectivity index (χ3n) is 2.71. The highest BCUT2D eigenvalue weighted by Crippen LogP contribution is 2.33. The van der Waals surface area contributed by atoms with Crippen LogP contribution in [0.2, 0.25) is 0 Å². The smallest absolute Gasteiger partial charge is 0.174 e. The Morgan fingerprint density at radius 1 is 1.19 bits per heavy atom. The van der Waals surface area contributed by atoms with Gasteiger partial charge < -0.3 is 15.2 Å². The van der Waals surface area contributed by atoms with Crippen LogP contribution < -0.4 is 10.1 Å². The minimum absolute atomic E-state index is 0.0291. The van der Waals surface area contributed by atoms with E-state index in [4.69, 9.17) is 10.00 Å². The quantitative estimate of drug-likeness (QED) is 0.763. The monoisotopic (exact) mass is 410 g/mol. The Bertz CT molecular complexity index is 661. The van der Waals surface area contributed by atoms with E-state index in [1.165, 1.54) is 0 Å². The Labute approximate surface area is 139 Å². The lowest BCUT2D eigenvalue weighted by Crippen LogP contribution is -2.00. The molecule has 4 nitrogen and oxygen atoms in total. The van der Waals surface area contributed by atoms with Gasteiger partial charge in [-0.3, -0.25) is 0 Å². The summed E-state index contributed by atoms with van der Waals surface area (Å²) in [5.41, 5.74) is 1.90. The van der Waals surface area contributed by atoms with E-state index in [0.717, 1.165) is 11.3 Å². The highest BCUT2D eigenvalue weighted by atomic mass is 79.9. The number of nitrogens with zero attached hydrogens (tertiary/aromatic N) is 1. The first-order valence-corrected chi connectivity index (χ1v) is 7.69. The Kier molecular flexibility index (Phi) is 5.48. The summed E-state index contributed by atoms with van der Waals surface area (Å²) < 4.78 is 6.53. The Hall–Kier alpha value is -1.71. The van der Waals surface area contributed by atoms with E-state index in [9.17, 15) is 5.11 Å². The number of ether oxygens (including phenoxy) is 1. The first-order valence-electron chi connectivity index (χ1n) is 6.10. The van der Waals surface area contributed by atoms with Gasteiger partial charge in [0.15, 0.2) is 6.61 Å². The fourth-order valence-corrected chi connectivity index (χ4v) is 3.02. The lowest BCUT2D eigenvalue weighted by Gasteiger charge is -2.10. The van der Waals surface area contributed by atoms with Crippen LogP contribution in [0.25, 0.3) is 0 Å². The van der Waals surface area contributed by atoms with Gasteiger partial charge in [-0.25, -0.2) is 0 Å². The number of benzene rings is 2. The maximum absolute atomic E-state index is 9.68. The first-order chi connectivity index (χ1) is 10.1. The molecule has 0 aliphatic carbocycles. The summed E-state index contributed by atoms with van der Waals surface area (Å²) >= 11 is 6.61. The van der Waals surface area contributed by atoms with E-state index in [2.05, 4.69) is 37.2 Å². The number of halogens is 2. The largest absolute Gasteiger partial charge is 0.506 e. The molecule has 2 N–H and O–H groups in total. The van der Waals surface area contributed by atoms with E-state index in [-0.39, 0.29) is 12.4 Å². The Morgan fingerprint density at radius 3 is 2.57 bits per heavy atom. The van der Waals surface area contributed by atoms with Crippen molar-refractivity contribution >= 4 is 37.5 Å². The van der Waals surface area contributed by atoms with Crippen molar-refractivity contribution in [2.75, 3.05) is 11.9 Å². The van der Waals surface area contributed by atoms with E-state index in [1.807, 2.05) is 36.4 Å². The average molecular weight is 412 g/mol. The standard InChI is InChI=1S/C15H12Br2N2O2/c16-13-6-10(7-14(17)15(13)20)9-19-11-2-1-3-12(8-11)21-5-4-18/h1-3,6-8,19-20H,5,9H2. The van der Waals surface area contributed by atoms with Gasteiger partial charge in [-0.2, -0.15) is 5.26 Å². The molecule has 0 bridgehead atoms. The first kappa shape index (κ1) is 15.7. The van der Waals surface area contributed by atoms with Gasteiger partial charge in [0.25, 0.3) is 0 Å². The van der Waals surface area contributed by atoms with Crippen molar-refractivity contribution in [3.63, 3.8) is 0 Å². The Morgan fingerprint density at radius 2 is 1.90 bits per heavy atom. The van der Waals surface area contributed by atoms with Crippen molar-refractivity contribution in [3.05, 3.63) is 50.9 Å². The van der Waals surface area contributed by atoms with Crippen molar-refractivity contribution in [2.45, 2.75) is 6.54 Å². The molecule has 2 aromatic rings. The second-order valence-electron chi connectivity index (χ2n) is 4.24. The number of aromatic hydroxyl groups is 1. The van der Waals surface area contributed by atoms with Crippen LogP contribution in [0.5, 0.6) is 11.5 Å². The molecule has 0 aromatic heterocycles. The predicted octanol–water partition coefficient (Wildman–Crippen LogP) is 4.43. The van der Waals surface area contributed by atoms with Gasteiger partial charge >= 0.3 is 0 Å². The second kappa shape index (κ2) is 7.34. The molecule has 108 valence electrons. The maximum atomic E-state index is 9.68. The predicted molar refractivity (Wildman–Crippen MR) is 88.4 cm³/mol. The van der Waals surface area contributed by atoms with Crippen LogP contribution in [0.15, 0.2) is 45.3 Å². The summed E-state index contributed by atoms with van der Waals surface area (Å²) in [6, 6.07) is 13.1. The van der Waals surface area contributed by atoms with E-state index >= 15 is 0 Å². The number of phenolic OH excluding ortho intramolecular Hbond substituents is 1. The van der Waals surface area contributed by atoms with Crippen LogP contribution in [-0.2, 0) is 6.54 Å². The molecule has 0 atom stereocenters. The van der Waals surface area contributed by atoms with E-state index in [1.54, 1.807) is 6.07 Å². The molecule has 0 saturated carbocycles. The van der Waals surface area contributed by atoms with Crippen LogP contribution >= 0.6 is 31.9 Å². The fraction of sp³-hybridized carbons (Fsp3) is 0.133. The molecule has 0 saturated heterocycles. The van der Waals surface area contributed by atoms with Crippen molar-refractivity contribution in [3.8, 4) is 17.6 Å². The van der Waals surface area contributed by atoms with Gasteiger partial charge in [0.2, 0.25) is 0 Å². The van der Waals surface area contributed by atoms with Crippen LogP contribution in [0.1, 0.15) is 5.56 Å². The number of nitrogens with one attached hydrogen (secondary N) is 1. The van der Waals surface area contributed by atoms with Crippen molar-refractivity contribution in [2.24, 2.45) is 0 Å². The normalized spacial score (nSPS) is 9.95. The summed E-state index contributed by atoms with van der Waals surface area (Å²) in [7, 11) is 0. The summed E-state index contributed by atoms with van der Waals surface area (Å²) in [5, 5.41) is 21.4. The van der Waals surface area contributed by atoms with Gasteiger partial charge in [0.05, 0.1) is 8.95 Å². The number of hydrogen-bond donors (Lipinski definition) is 2. The minimum Gasteiger partial charge on any atom is -0.506 e. The zero-order chi connectivity index (χ0) is 15.2. The molecule has 0 aliphatic heterocycles. The van der Waals surface area contributed by atoms with Gasteiger partial charge in [0, 0.05) is 18.3 Å². The molecule has 0 unspecified atom stereocenters. The third-order valence-corrected chi connectivity index (χ3v) is 3.92. The average Bonchev–Trinajstić information content (AvgIpc) is 2.49. The molecule has 0 spiro atoms. The third kappa shape index (κ3) is 4.38. The highest BCUT2D eigenvalue weighted by molar-refractivity contribution is 9.11. The SMILES string of the molecule is N#CCOc1cccc(NCc2cc(Br)c(O)c(Br)c2)c1. The summed E-state index contributed by atoms with van der Waals surface area (Å²) in [6.45, 7) is 0.625. The molecule has 0 radical (unpaired) electrons. The molecule has 0 heterocycles. The molecule has 2 aromatic carbocycles. The fourth-order valence-electron chi connectivity index (χ4n) is 1.74. The van der Waals surface area contributed by atoms with Crippen LogP contribution in [0, 0.1) is 11.3 Å². The van der Waals surface area contributed by atoms with Crippen LogP contribution in [0.3, 0.4) is 0 Å². The van der Waals surface area contributed by atoms with Crippen molar-refractivity contribution in [1.29, 1.82) is 5.26 Å². The lowest BCUT2D eigenvalue weighted by molar-refractivity contribution is 0.368. The summed E-state index contributed by atoms with van der Waals surface area (Å²) in [6.07, 6.45) is 0. The lowest BCUT2D eigenvalue weighted by atomic mass is 10.2. The van der Waals surface area contributed by atoms with Gasteiger partial charge in [-0.1, -0.05) is 6.07 Å². The second-order valence-corrected chi connectivity index (χ2v) is 5.94. The zero-order valence-electron chi connectivity index (χ0n) is 10.9. The van der Waals surface area contributed by atoms with Crippen molar-refractivity contribution < 1.29 is 9.84 Å². The topological polar surface area (TPSA) is 65.3 Å². The number of nitriles is 1. The van der Waals surface area contributed by atoms with Gasteiger partial charge in [0.1, 0.15) is 17.6 Å². The van der Waals surface area contributed by atoms with E-state index < -0.39 is 0 Å². The zero-order valence-corrected chi connectivity index (χ0v) is 14.1. The highest BCUT2D eigenvalue weighted by Gasteiger charge is 2.06. The van der Waals surface area contributed by atoms with Crippen LogP contribution in [-0.4, -0.2) is 11.7 Å². The van der Waals surface area contributed by atoms with Gasteiger partial charge in [-0.05, 0) is 61.7 Å². The Balaban J connectivity index is 2.05.